The molecule has 1 aliphatic carbocycles. The molecule has 5 nitrogen and oxygen atoms in total. The summed E-state index contributed by atoms with van der Waals surface area (Å²) < 4.78 is 52.3. The fraction of sp³-hybridized carbons (Fsp3) is 0.400. The maximum absolute atomic E-state index is 13.2. The maximum atomic E-state index is 13.2. The summed E-state index contributed by atoms with van der Waals surface area (Å²) in [5.41, 5.74) is 0. The Morgan fingerprint density at radius 3 is 2.59 bits per heavy atom. The summed E-state index contributed by atoms with van der Waals surface area (Å²) in [6.45, 7) is 0.286. The summed E-state index contributed by atoms with van der Waals surface area (Å²) in [7, 11) is -2.10. The first-order chi connectivity index (χ1) is 13.0. The van der Waals surface area contributed by atoms with Crippen molar-refractivity contribution >= 4 is 10.0 Å². The van der Waals surface area contributed by atoms with Crippen LogP contribution < -0.4 is 9.47 Å². The molecule has 0 aromatic heterocycles. The zero-order valence-corrected chi connectivity index (χ0v) is 15.9. The number of piperidine rings is 1. The van der Waals surface area contributed by atoms with Crippen molar-refractivity contribution in [1.82, 2.24) is 4.31 Å². The van der Waals surface area contributed by atoms with Crippen molar-refractivity contribution in [2.75, 3.05) is 13.7 Å². The van der Waals surface area contributed by atoms with Crippen LogP contribution >= 0.6 is 0 Å². The minimum absolute atomic E-state index is 0.0102. The predicted octanol–water partition coefficient (Wildman–Crippen LogP) is 3.45. The van der Waals surface area contributed by atoms with Gasteiger partial charge in [-0.05, 0) is 61.6 Å². The van der Waals surface area contributed by atoms with E-state index in [-0.39, 0.29) is 29.5 Å². The molecule has 0 N–H and O–H groups in total. The highest BCUT2D eigenvalue weighted by Crippen LogP contribution is 2.45. The number of nitrogens with zero attached hydrogens (tertiary/aromatic N) is 1. The molecule has 2 fully saturated rings. The highest BCUT2D eigenvalue weighted by molar-refractivity contribution is 7.89. The third-order valence-corrected chi connectivity index (χ3v) is 7.52. The number of ether oxygens (including phenoxy) is 2. The minimum atomic E-state index is -3.69. The van der Waals surface area contributed by atoms with Crippen LogP contribution in [0.5, 0.6) is 11.5 Å². The second-order valence-electron chi connectivity index (χ2n) is 7.07. The van der Waals surface area contributed by atoms with Gasteiger partial charge < -0.3 is 9.47 Å². The SMILES string of the molecule is COc1cccc(OC[C@@H]2[C@H]3CC[C@@H](C3)N2S(=O)(=O)c2ccc(F)cc2)c1. The van der Waals surface area contributed by atoms with Gasteiger partial charge in [0.1, 0.15) is 23.9 Å². The first kappa shape index (κ1) is 18.3. The molecular weight excluding hydrogens is 369 g/mol. The Balaban J connectivity index is 1.56. The van der Waals surface area contributed by atoms with Crippen molar-refractivity contribution < 1.29 is 22.3 Å². The predicted molar refractivity (Wildman–Crippen MR) is 98.8 cm³/mol. The van der Waals surface area contributed by atoms with Crippen LogP contribution in [-0.2, 0) is 10.0 Å². The Hall–Kier alpha value is -2.12. The summed E-state index contributed by atoms with van der Waals surface area (Å²) in [5.74, 6) is 1.18. The van der Waals surface area contributed by atoms with Crippen LogP contribution in [0.2, 0.25) is 0 Å². The molecule has 3 atom stereocenters. The summed E-state index contributed by atoms with van der Waals surface area (Å²) in [6.07, 6.45) is 2.72. The molecule has 2 aromatic carbocycles. The number of methoxy groups -OCH3 is 1. The van der Waals surface area contributed by atoms with Crippen molar-refractivity contribution in [2.24, 2.45) is 5.92 Å². The summed E-state index contributed by atoms with van der Waals surface area (Å²) in [5, 5.41) is 0. The molecule has 0 unspecified atom stereocenters. The quantitative estimate of drug-likeness (QED) is 0.757. The van der Waals surface area contributed by atoms with Crippen molar-refractivity contribution in [2.45, 2.75) is 36.2 Å². The molecule has 2 aliphatic rings. The van der Waals surface area contributed by atoms with Crippen molar-refractivity contribution in [3.05, 3.63) is 54.3 Å². The number of rotatable bonds is 6. The van der Waals surface area contributed by atoms with Crippen molar-refractivity contribution in [3.8, 4) is 11.5 Å². The van der Waals surface area contributed by atoms with E-state index in [1.165, 1.54) is 24.3 Å². The maximum Gasteiger partial charge on any atom is 0.243 e. The molecule has 0 spiro atoms. The first-order valence-electron chi connectivity index (χ1n) is 9.05. The lowest BCUT2D eigenvalue weighted by Crippen LogP contribution is -2.47. The number of hydrogen-bond donors (Lipinski definition) is 0. The highest BCUT2D eigenvalue weighted by Gasteiger charge is 2.51. The molecule has 2 aromatic rings. The van der Waals surface area contributed by atoms with Gasteiger partial charge in [0.2, 0.25) is 10.0 Å². The second kappa shape index (κ2) is 7.13. The van der Waals surface area contributed by atoms with E-state index >= 15 is 0 Å². The molecule has 7 heteroatoms. The van der Waals surface area contributed by atoms with Gasteiger partial charge in [0, 0.05) is 12.1 Å². The number of fused-ring (bicyclic) bond motifs is 2. The molecule has 1 aliphatic heterocycles. The largest absolute Gasteiger partial charge is 0.497 e. The average Bonchev–Trinajstić information content (AvgIpc) is 3.28. The van der Waals surface area contributed by atoms with Crippen LogP contribution in [-0.4, -0.2) is 38.5 Å². The fourth-order valence-electron chi connectivity index (χ4n) is 4.24. The number of benzene rings is 2. The van der Waals surface area contributed by atoms with E-state index in [1.54, 1.807) is 17.5 Å². The molecule has 1 saturated carbocycles. The van der Waals surface area contributed by atoms with Gasteiger partial charge >= 0.3 is 0 Å². The van der Waals surface area contributed by atoms with Gasteiger partial charge in [-0.1, -0.05) is 6.07 Å². The van der Waals surface area contributed by atoms with Gasteiger partial charge in [-0.2, -0.15) is 4.31 Å². The Morgan fingerprint density at radius 1 is 1.11 bits per heavy atom. The van der Waals surface area contributed by atoms with Crippen LogP contribution in [0.4, 0.5) is 4.39 Å². The summed E-state index contributed by atoms with van der Waals surface area (Å²) in [6, 6.07) is 12.1. The molecule has 0 amide bonds. The van der Waals surface area contributed by atoms with Gasteiger partial charge in [-0.15, -0.1) is 0 Å². The first-order valence-corrected chi connectivity index (χ1v) is 10.5. The molecule has 4 rings (SSSR count). The lowest BCUT2D eigenvalue weighted by atomic mass is 10.0. The zero-order valence-electron chi connectivity index (χ0n) is 15.0. The topological polar surface area (TPSA) is 55.8 Å². The van der Waals surface area contributed by atoms with Gasteiger partial charge in [0.15, 0.2) is 0 Å². The fourth-order valence-corrected chi connectivity index (χ4v) is 6.13. The molecule has 27 heavy (non-hydrogen) atoms. The summed E-state index contributed by atoms with van der Waals surface area (Å²) in [4.78, 5) is 0.128. The van der Waals surface area contributed by atoms with E-state index in [1.807, 2.05) is 18.2 Å². The zero-order chi connectivity index (χ0) is 19.0. The lowest BCUT2D eigenvalue weighted by molar-refractivity contribution is 0.162. The van der Waals surface area contributed by atoms with Crippen LogP contribution in [0.25, 0.3) is 0 Å². The van der Waals surface area contributed by atoms with E-state index < -0.39 is 15.8 Å². The Kier molecular flexibility index (Phi) is 4.82. The Labute approximate surface area is 158 Å². The normalized spacial score (nSPS) is 24.9. The van der Waals surface area contributed by atoms with Gasteiger partial charge in [-0.3, -0.25) is 0 Å². The molecular formula is C20H22FNO4S. The van der Waals surface area contributed by atoms with Gasteiger partial charge in [-0.25, -0.2) is 12.8 Å². The van der Waals surface area contributed by atoms with Crippen molar-refractivity contribution in [1.29, 1.82) is 0 Å². The van der Waals surface area contributed by atoms with E-state index in [4.69, 9.17) is 9.47 Å². The third kappa shape index (κ3) is 3.41. The average molecular weight is 391 g/mol. The summed E-state index contributed by atoms with van der Waals surface area (Å²) >= 11 is 0. The van der Waals surface area contributed by atoms with Crippen LogP contribution in [0, 0.1) is 11.7 Å². The Bertz CT molecular complexity index is 916. The van der Waals surface area contributed by atoms with Gasteiger partial charge in [0.25, 0.3) is 0 Å². The van der Waals surface area contributed by atoms with Crippen molar-refractivity contribution in [3.63, 3.8) is 0 Å². The highest BCUT2D eigenvalue weighted by atomic mass is 32.2. The number of halogens is 1. The minimum Gasteiger partial charge on any atom is -0.497 e. The van der Waals surface area contributed by atoms with Crippen LogP contribution in [0.1, 0.15) is 19.3 Å². The number of sulfonamides is 1. The molecule has 1 heterocycles. The smallest absolute Gasteiger partial charge is 0.243 e. The van der Waals surface area contributed by atoms with E-state index in [9.17, 15) is 12.8 Å². The van der Waals surface area contributed by atoms with E-state index in [2.05, 4.69) is 0 Å². The van der Waals surface area contributed by atoms with Gasteiger partial charge in [0.05, 0.1) is 18.0 Å². The second-order valence-corrected chi connectivity index (χ2v) is 8.92. The number of hydrogen-bond acceptors (Lipinski definition) is 4. The molecule has 2 bridgehead atoms. The van der Waals surface area contributed by atoms with E-state index in [0.29, 0.717) is 11.5 Å². The van der Waals surface area contributed by atoms with Crippen LogP contribution in [0.15, 0.2) is 53.4 Å². The Morgan fingerprint density at radius 2 is 1.85 bits per heavy atom. The monoisotopic (exact) mass is 391 g/mol. The molecule has 1 saturated heterocycles. The van der Waals surface area contributed by atoms with E-state index in [0.717, 1.165) is 19.3 Å². The lowest BCUT2D eigenvalue weighted by Gasteiger charge is -2.34. The van der Waals surface area contributed by atoms with Crippen LogP contribution in [0.3, 0.4) is 0 Å². The molecule has 144 valence electrons. The standard InChI is InChI=1S/C20H22FNO4S/c1-25-17-3-2-4-18(12-17)26-13-20-14-5-8-16(11-14)22(20)27(23,24)19-9-6-15(21)7-10-19/h2-4,6-7,9-10,12,14,16,20H,5,8,11,13H2,1H3/t14-,16-,20+/m0/s1. The third-order valence-electron chi connectivity index (χ3n) is 5.53. The molecule has 0 radical (unpaired) electrons.